The molecule has 1 spiro atoms. The van der Waals surface area contributed by atoms with Gasteiger partial charge in [0.1, 0.15) is 23.1 Å². The molecule has 2 N–H and O–H groups in total. The summed E-state index contributed by atoms with van der Waals surface area (Å²) in [4.78, 5) is 22.0. The van der Waals surface area contributed by atoms with Gasteiger partial charge in [0, 0.05) is 49.9 Å². The van der Waals surface area contributed by atoms with Gasteiger partial charge < -0.3 is 19.9 Å². The van der Waals surface area contributed by atoms with Crippen molar-refractivity contribution in [2.24, 2.45) is 0 Å². The topological polar surface area (TPSA) is 91.3 Å². The molecule has 3 aromatic heterocycles. The van der Waals surface area contributed by atoms with Crippen molar-refractivity contribution < 1.29 is 13.5 Å². The van der Waals surface area contributed by atoms with Crippen molar-refractivity contribution in [3.8, 4) is 0 Å². The van der Waals surface area contributed by atoms with Crippen LogP contribution in [0.2, 0.25) is 0 Å². The maximum absolute atomic E-state index is 14.8. The van der Waals surface area contributed by atoms with Crippen molar-refractivity contribution in [1.29, 1.82) is 0 Å². The molecule has 1 atom stereocenters. The van der Waals surface area contributed by atoms with Gasteiger partial charge in [0.15, 0.2) is 0 Å². The van der Waals surface area contributed by atoms with Gasteiger partial charge in [-0.15, -0.1) is 0 Å². The summed E-state index contributed by atoms with van der Waals surface area (Å²) in [5, 5.41) is 8.75. The van der Waals surface area contributed by atoms with E-state index < -0.39 is 18.1 Å². The Hall–Kier alpha value is -3.18. The highest BCUT2D eigenvalue weighted by molar-refractivity contribution is 5.95. The lowest BCUT2D eigenvalue weighted by molar-refractivity contribution is -0.276. The average molecular weight is 511 g/mol. The van der Waals surface area contributed by atoms with Gasteiger partial charge in [-0.05, 0) is 42.0 Å². The molecule has 0 aromatic carbocycles. The minimum absolute atomic E-state index is 0.258. The molecule has 0 saturated carbocycles. The molecular formula is C26H32F2N8O. The zero-order valence-corrected chi connectivity index (χ0v) is 21.2. The second kappa shape index (κ2) is 9.29. The predicted octanol–water partition coefficient (Wildman–Crippen LogP) is 4.05. The number of hydrogen-bond acceptors (Lipinski definition) is 9. The van der Waals surface area contributed by atoms with Gasteiger partial charge in [0.2, 0.25) is 5.95 Å². The molecule has 6 rings (SSSR count). The number of aromatic nitrogens is 4. The van der Waals surface area contributed by atoms with Crippen LogP contribution in [0.25, 0.3) is 10.8 Å². The van der Waals surface area contributed by atoms with Crippen LogP contribution >= 0.6 is 0 Å². The number of hydrogen-bond donors (Lipinski definition) is 2. The summed E-state index contributed by atoms with van der Waals surface area (Å²) in [5.41, 5.74) is -0.180. The van der Waals surface area contributed by atoms with Crippen molar-refractivity contribution in [2.45, 2.75) is 50.6 Å². The first-order valence-corrected chi connectivity index (χ1v) is 13.0. The highest BCUT2D eigenvalue weighted by Crippen LogP contribution is 2.47. The predicted molar refractivity (Wildman–Crippen MR) is 139 cm³/mol. The number of rotatable bonds is 5. The average Bonchev–Trinajstić information content (AvgIpc) is 2.87. The fourth-order valence-electron chi connectivity index (χ4n) is 5.46. The first-order chi connectivity index (χ1) is 17.9. The number of fused-ring (bicyclic) bond motifs is 1. The van der Waals surface area contributed by atoms with E-state index >= 15 is 0 Å². The highest BCUT2D eigenvalue weighted by Gasteiger charge is 2.61. The summed E-state index contributed by atoms with van der Waals surface area (Å²) >= 11 is 0. The number of halogens is 2. The van der Waals surface area contributed by atoms with Crippen molar-refractivity contribution in [2.75, 3.05) is 54.6 Å². The Bertz CT molecular complexity index is 1290. The molecule has 0 bridgehead atoms. The molecule has 6 heterocycles. The minimum atomic E-state index is -2.95. The summed E-state index contributed by atoms with van der Waals surface area (Å²) < 4.78 is 35.0. The third-order valence-corrected chi connectivity index (χ3v) is 7.70. The van der Waals surface area contributed by atoms with Crippen LogP contribution < -0.4 is 20.4 Å². The summed E-state index contributed by atoms with van der Waals surface area (Å²) in [6, 6.07) is 3.73. The SMILES string of the molecule is CC(C)c1cnc(N2CCCNC2)c2cnc(Nc3ccnc(N4CC[C@@]5(CCO5)C(F)(F)C4)n3)cc12. The lowest BCUT2D eigenvalue weighted by Gasteiger charge is -2.52. The molecule has 11 heteroatoms. The molecule has 0 amide bonds. The molecule has 0 aliphatic carbocycles. The molecule has 0 unspecified atom stereocenters. The zero-order chi connectivity index (χ0) is 25.6. The molecule has 37 heavy (non-hydrogen) atoms. The van der Waals surface area contributed by atoms with E-state index in [1.807, 2.05) is 18.5 Å². The van der Waals surface area contributed by atoms with E-state index in [-0.39, 0.29) is 18.3 Å². The number of nitrogens with zero attached hydrogens (tertiary/aromatic N) is 6. The molecule has 3 fully saturated rings. The van der Waals surface area contributed by atoms with Gasteiger partial charge in [0.05, 0.1) is 19.8 Å². The highest BCUT2D eigenvalue weighted by atomic mass is 19.3. The molecule has 3 aromatic rings. The van der Waals surface area contributed by atoms with E-state index in [9.17, 15) is 8.78 Å². The molecule has 196 valence electrons. The van der Waals surface area contributed by atoms with Crippen LogP contribution in [-0.2, 0) is 4.74 Å². The number of alkyl halides is 2. The van der Waals surface area contributed by atoms with E-state index in [2.05, 4.69) is 44.3 Å². The maximum Gasteiger partial charge on any atom is 0.293 e. The third kappa shape index (κ3) is 4.33. The van der Waals surface area contributed by atoms with E-state index in [0.717, 1.165) is 48.3 Å². The van der Waals surface area contributed by atoms with Crippen molar-refractivity contribution >= 4 is 34.2 Å². The van der Waals surface area contributed by atoms with Crippen molar-refractivity contribution in [3.63, 3.8) is 0 Å². The number of nitrogens with one attached hydrogen (secondary N) is 2. The van der Waals surface area contributed by atoms with Crippen LogP contribution in [0.5, 0.6) is 0 Å². The third-order valence-electron chi connectivity index (χ3n) is 7.70. The van der Waals surface area contributed by atoms with Crippen LogP contribution in [0.1, 0.15) is 44.6 Å². The first-order valence-electron chi connectivity index (χ1n) is 13.0. The van der Waals surface area contributed by atoms with Gasteiger partial charge in [0.25, 0.3) is 5.92 Å². The van der Waals surface area contributed by atoms with E-state index in [1.165, 1.54) is 4.90 Å². The summed E-state index contributed by atoms with van der Waals surface area (Å²) in [6.07, 6.45) is 7.11. The lowest BCUT2D eigenvalue weighted by Crippen LogP contribution is -2.66. The lowest BCUT2D eigenvalue weighted by atomic mass is 9.81. The van der Waals surface area contributed by atoms with Crippen LogP contribution in [-0.4, -0.2) is 70.9 Å². The quantitative estimate of drug-likeness (QED) is 0.528. The van der Waals surface area contributed by atoms with Gasteiger partial charge in [-0.1, -0.05) is 13.8 Å². The van der Waals surface area contributed by atoms with Crippen LogP contribution in [0, 0.1) is 0 Å². The molecule has 3 aliphatic rings. The number of anilines is 4. The Morgan fingerprint density at radius 1 is 1.05 bits per heavy atom. The van der Waals surface area contributed by atoms with Crippen molar-refractivity contribution in [3.05, 3.63) is 36.3 Å². The Morgan fingerprint density at radius 2 is 1.92 bits per heavy atom. The normalized spacial score (nSPS) is 23.5. The van der Waals surface area contributed by atoms with Crippen LogP contribution in [0.4, 0.5) is 32.2 Å². The van der Waals surface area contributed by atoms with E-state index in [0.29, 0.717) is 31.2 Å². The van der Waals surface area contributed by atoms with Gasteiger partial charge >= 0.3 is 0 Å². The zero-order valence-electron chi connectivity index (χ0n) is 21.2. The molecule has 9 nitrogen and oxygen atoms in total. The first kappa shape index (κ1) is 24.2. The van der Waals surface area contributed by atoms with E-state index in [4.69, 9.17) is 9.72 Å². The maximum atomic E-state index is 14.8. The summed E-state index contributed by atoms with van der Waals surface area (Å²) in [7, 11) is 0. The standard InChI is InChI=1S/C26H32F2N8O/c1-17(2)19-13-32-23(36-9-3-7-29-16-36)20-14-31-22(12-18(19)20)33-21-4-8-30-24(34-21)35-10-5-25(6-11-37-25)26(27,28)15-35/h4,8,12-14,17,29H,3,5-7,9-11,15-16H2,1-2H3,(H,30,31,33,34)/t25-/m1/s1. The minimum Gasteiger partial charge on any atom is -0.368 e. The van der Waals surface area contributed by atoms with E-state index in [1.54, 1.807) is 12.3 Å². The van der Waals surface area contributed by atoms with Gasteiger partial charge in [-0.2, -0.15) is 4.98 Å². The Labute approximate surface area is 214 Å². The molecule has 0 radical (unpaired) electrons. The second-order valence-corrected chi connectivity index (χ2v) is 10.4. The number of ether oxygens (including phenoxy) is 1. The number of pyridine rings is 2. The smallest absolute Gasteiger partial charge is 0.293 e. The summed E-state index contributed by atoms with van der Waals surface area (Å²) in [5.74, 6) is -0.340. The summed E-state index contributed by atoms with van der Waals surface area (Å²) in [6.45, 7) is 7.38. The second-order valence-electron chi connectivity index (χ2n) is 10.4. The van der Waals surface area contributed by atoms with Crippen LogP contribution in [0.3, 0.4) is 0 Å². The molecular weight excluding hydrogens is 478 g/mol. The Balaban J connectivity index is 1.27. The molecule has 3 aliphatic heterocycles. The molecule has 3 saturated heterocycles. The van der Waals surface area contributed by atoms with Gasteiger partial charge in [-0.25, -0.2) is 23.7 Å². The van der Waals surface area contributed by atoms with Crippen molar-refractivity contribution in [1.82, 2.24) is 25.3 Å². The van der Waals surface area contributed by atoms with Gasteiger partial charge in [-0.3, -0.25) is 5.32 Å². The fraction of sp³-hybridized carbons (Fsp3) is 0.538. The fourth-order valence-corrected chi connectivity index (χ4v) is 5.46. The number of piperidine rings is 1. The Morgan fingerprint density at radius 3 is 2.62 bits per heavy atom. The van der Waals surface area contributed by atoms with Crippen LogP contribution in [0.15, 0.2) is 30.7 Å². The largest absolute Gasteiger partial charge is 0.368 e. The monoisotopic (exact) mass is 510 g/mol. The Kier molecular flexibility index (Phi) is 6.07.